The maximum Gasteiger partial charge on any atom is 0.253 e. The Labute approximate surface area is 121 Å². The van der Waals surface area contributed by atoms with Gasteiger partial charge in [0.25, 0.3) is 5.91 Å². The van der Waals surface area contributed by atoms with Gasteiger partial charge < -0.3 is 16.4 Å². The summed E-state index contributed by atoms with van der Waals surface area (Å²) in [6.07, 6.45) is 6.11. The molecule has 0 heterocycles. The molecule has 0 aromatic heterocycles. The van der Waals surface area contributed by atoms with Crippen molar-refractivity contribution in [1.29, 1.82) is 0 Å². The van der Waals surface area contributed by atoms with Gasteiger partial charge >= 0.3 is 0 Å². The van der Waals surface area contributed by atoms with E-state index in [1.807, 2.05) is 6.07 Å². The van der Waals surface area contributed by atoms with Crippen molar-refractivity contribution in [3.05, 3.63) is 23.8 Å². The van der Waals surface area contributed by atoms with E-state index in [-0.39, 0.29) is 5.91 Å². The van der Waals surface area contributed by atoms with Crippen molar-refractivity contribution in [2.75, 3.05) is 18.1 Å². The van der Waals surface area contributed by atoms with Crippen molar-refractivity contribution in [2.45, 2.75) is 45.1 Å². The zero-order valence-electron chi connectivity index (χ0n) is 12.4. The minimum Gasteiger partial charge on any atom is -0.399 e. The molecule has 1 aromatic rings. The lowest BCUT2D eigenvalue weighted by atomic mass is 10.0. The van der Waals surface area contributed by atoms with Gasteiger partial charge in [-0.25, -0.2) is 0 Å². The van der Waals surface area contributed by atoms with Crippen molar-refractivity contribution in [2.24, 2.45) is 5.92 Å². The van der Waals surface area contributed by atoms with Crippen molar-refractivity contribution >= 4 is 17.3 Å². The molecule has 0 bridgehead atoms. The van der Waals surface area contributed by atoms with Crippen LogP contribution < -0.4 is 16.4 Å². The molecule has 1 fully saturated rings. The van der Waals surface area contributed by atoms with Gasteiger partial charge in [0.15, 0.2) is 0 Å². The third kappa shape index (κ3) is 3.65. The van der Waals surface area contributed by atoms with Gasteiger partial charge in [0.2, 0.25) is 0 Å². The molecule has 1 aliphatic rings. The van der Waals surface area contributed by atoms with Crippen LogP contribution in [0, 0.1) is 5.92 Å². The summed E-state index contributed by atoms with van der Waals surface area (Å²) in [7, 11) is 1.65. The molecule has 0 aliphatic heterocycles. The number of benzene rings is 1. The topological polar surface area (TPSA) is 67.2 Å². The molecular weight excluding hydrogens is 250 g/mol. The lowest BCUT2D eigenvalue weighted by molar-refractivity contribution is 0.0964. The van der Waals surface area contributed by atoms with Gasteiger partial charge in [-0.2, -0.15) is 0 Å². The van der Waals surface area contributed by atoms with Crippen LogP contribution in [0.3, 0.4) is 0 Å². The fraction of sp³-hybridized carbons (Fsp3) is 0.562. The number of hydrogen-bond donors (Lipinski definition) is 3. The van der Waals surface area contributed by atoms with Crippen LogP contribution >= 0.6 is 0 Å². The second-order valence-electron chi connectivity index (χ2n) is 5.84. The van der Waals surface area contributed by atoms with Gasteiger partial charge in [-0.3, -0.25) is 4.79 Å². The van der Waals surface area contributed by atoms with Crippen molar-refractivity contribution in [1.82, 2.24) is 5.32 Å². The molecular formula is C16H25N3O. The van der Waals surface area contributed by atoms with E-state index in [0.29, 0.717) is 17.3 Å². The highest BCUT2D eigenvalue weighted by Crippen LogP contribution is 2.27. The van der Waals surface area contributed by atoms with E-state index in [9.17, 15) is 4.79 Å². The summed E-state index contributed by atoms with van der Waals surface area (Å²) in [6, 6.07) is 5.85. The number of nitrogens with two attached hydrogens (primary N) is 1. The second-order valence-corrected chi connectivity index (χ2v) is 5.84. The third-order valence-electron chi connectivity index (χ3n) is 4.13. The van der Waals surface area contributed by atoms with Crippen LogP contribution in [0.15, 0.2) is 18.2 Å². The molecule has 20 heavy (non-hydrogen) atoms. The first-order valence-corrected chi connectivity index (χ1v) is 7.48. The smallest absolute Gasteiger partial charge is 0.253 e. The van der Waals surface area contributed by atoms with Crippen LogP contribution in [0.5, 0.6) is 0 Å². The Morgan fingerprint density at radius 2 is 2.05 bits per heavy atom. The van der Waals surface area contributed by atoms with E-state index in [1.165, 1.54) is 19.3 Å². The Bertz CT molecular complexity index is 473. The predicted octanol–water partition coefficient (Wildman–Crippen LogP) is 3.01. The van der Waals surface area contributed by atoms with Gasteiger partial charge in [-0.05, 0) is 43.4 Å². The highest BCUT2D eigenvalue weighted by atomic mass is 16.1. The number of rotatable bonds is 3. The van der Waals surface area contributed by atoms with E-state index in [1.54, 1.807) is 19.2 Å². The Hall–Kier alpha value is -1.71. The number of carbonyl (C=O) groups is 1. The van der Waals surface area contributed by atoms with Gasteiger partial charge in [0, 0.05) is 24.5 Å². The summed E-state index contributed by atoms with van der Waals surface area (Å²) in [5.41, 5.74) is 8.05. The van der Waals surface area contributed by atoms with E-state index in [0.717, 1.165) is 24.4 Å². The van der Waals surface area contributed by atoms with Crippen LogP contribution in [0.4, 0.5) is 11.4 Å². The van der Waals surface area contributed by atoms with E-state index in [2.05, 4.69) is 17.6 Å². The lowest BCUT2D eigenvalue weighted by Gasteiger charge is -2.20. The number of anilines is 2. The fourth-order valence-electron chi connectivity index (χ4n) is 2.87. The first-order valence-electron chi connectivity index (χ1n) is 7.48. The number of nitrogens with one attached hydrogen (secondary N) is 2. The van der Waals surface area contributed by atoms with Gasteiger partial charge in [-0.15, -0.1) is 0 Å². The molecule has 2 unspecified atom stereocenters. The van der Waals surface area contributed by atoms with E-state index >= 15 is 0 Å². The number of carbonyl (C=O) groups excluding carboxylic acids is 1. The largest absolute Gasteiger partial charge is 0.399 e. The molecule has 1 aliphatic carbocycles. The van der Waals surface area contributed by atoms with Crippen LogP contribution in [0.2, 0.25) is 0 Å². The highest BCUT2D eigenvalue weighted by molar-refractivity contribution is 6.00. The molecule has 110 valence electrons. The third-order valence-corrected chi connectivity index (χ3v) is 4.13. The Morgan fingerprint density at radius 3 is 2.80 bits per heavy atom. The number of nitrogen functional groups attached to an aromatic ring is 1. The Morgan fingerprint density at radius 1 is 1.25 bits per heavy atom. The monoisotopic (exact) mass is 275 g/mol. The minimum absolute atomic E-state index is 0.0745. The van der Waals surface area contributed by atoms with Gasteiger partial charge in [0.05, 0.1) is 5.56 Å². The van der Waals surface area contributed by atoms with Crippen molar-refractivity contribution in [3.8, 4) is 0 Å². The number of hydrogen-bond acceptors (Lipinski definition) is 3. The zero-order chi connectivity index (χ0) is 14.5. The quantitative estimate of drug-likeness (QED) is 0.587. The van der Waals surface area contributed by atoms with Crippen LogP contribution in [0.1, 0.15) is 49.4 Å². The number of amides is 1. The van der Waals surface area contributed by atoms with Crippen molar-refractivity contribution < 1.29 is 4.79 Å². The zero-order valence-corrected chi connectivity index (χ0v) is 12.4. The first kappa shape index (κ1) is 14.7. The summed E-state index contributed by atoms with van der Waals surface area (Å²) >= 11 is 0. The maximum atomic E-state index is 11.9. The molecule has 1 amide bonds. The fourth-order valence-corrected chi connectivity index (χ4v) is 2.87. The van der Waals surface area contributed by atoms with Crippen molar-refractivity contribution in [3.63, 3.8) is 0 Å². The molecule has 0 spiro atoms. The molecule has 0 radical (unpaired) electrons. The standard InChI is InChI=1S/C16H25N3O/c1-11-4-3-5-13(8-6-11)19-15-10-12(17)7-9-14(15)16(20)18-2/h7,9-11,13,19H,3-6,8,17H2,1-2H3,(H,18,20). The second kappa shape index (κ2) is 6.64. The summed E-state index contributed by atoms with van der Waals surface area (Å²) in [6.45, 7) is 2.32. The summed E-state index contributed by atoms with van der Waals surface area (Å²) in [5, 5.41) is 6.20. The molecule has 1 aromatic carbocycles. The molecule has 1 saturated carbocycles. The summed E-state index contributed by atoms with van der Waals surface area (Å²) in [5.74, 6) is 0.732. The lowest BCUT2D eigenvalue weighted by Crippen LogP contribution is -2.24. The minimum atomic E-state index is -0.0745. The molecule has 4 heteroatoms. The molecule has 4 N–H and O–H groups in total. The van der Waals surface area contributed by atoms with Crippen LogP contribution in [0.25, 0.3) is 0 Å². The highest BCUT2D eigenvalue weighted by Gasteiger charge is 2.18. The van der Waals surface area contributed by atoms with E-state index in [4.69, 9.17) is 5.73 Å². The van der Waals surface area contributed by atoms with Crippen LogP contribution in [-0.4, -0.2) is 19.0 Å². The maximum absolute atomic E-state index is 11.9. The SMILES string of the molecule is CNC(=O)c1ccc(N)cc1NC1CCCC(C)CC1. The van der Waals surface area contributed by atoms with Gasteiger partial charge in [0.1, 0.15) is 0 Å². The first-order chi connectivity index (χ1) is 9.60. The van der Waals surface area contributed by atoms with E-state index < -0.39 is 0 Å². The average molecular weight is 275 g/mol. The molecule has 4 nitrogen and oxygen atoms in total. The molecule has 2 atom stereocenters. The Balaban J connectivity index is 2.15. The van der Waals surface area contributed by atoms with Crippen LogP contribution in [-0.2, 0) is 0 Å². The normalized spacial score (nSPS) is 22.9. The predicted molar refractivity (Wildman–Crippen MR) is 83.9 cm³/mol. The summed E-state index contributed by atoms with van der Waals surface area (Å²) in [4.78, 5) is 11.9. The molecule has 0 saturated heterocycles. The van der Waals surface area contributed by atoms with Gasteiger partial charge in [-0.1, -0.05) is 19.8 Å². The Kier molecular flexibility index (Phi) is 4.88. The summed E-state index contributed by atoms with van der Waals surface area (Å²) < 4.78 is 0. The average Bonchev–Trinajstić information content (AvgIpc) is 2.63. The molecule has 2 rings (SSSR count).